The second-order valence-electron chi connectivity index (χ2n) is 4.72. The lowest BCUT2D eigenvalue weighted by molar-refractivity contribution is -0.153. The molecule has 0 saturated heterocycles. The van der Waals surface area contributed by atoms with Crippen LogP contribution in [-0.4, -0.2) is 18.7 Å². The summed E-state index contributed by atoms with van der Waals surface area (Å²) in [5.74, 6) is 0.382. The van der Waals surface area contributed by atoms with E-state index in [0.717, 1.165) is 5.56 Å². The number of carbonyl (C=O) groups excluding carboxylic acids is 1. The van der Waals surface area contributed by atoms with Crippen molar-refractivity contribution < 1.29 is 14.3 Å². The molecule has 0 spiro atoms. The minimum Gasteiger partial charge on any atom is -0.497 e. The molecule has 0 radical (unpaired) electrons. The molecule has 0 aliphatic rings. The second kappa shape index (κ2) is 5.41. The van der Waals surface area contributed by atoms with Gasteiger partial charge in [0.1, 0.15) is 11.4 Å². The van der Waals surface area contributed by atoms with Gasteiger partial charge >= 0.3 is 5.97 Å². The minimum absolute atomic E-state index is 0.167. The summed E-state index contributed by atoms with van der Waals surface area (Å²) in [7, 11) is 1.57. The summed E-state index contributed by atoms with van der Waals surface area (Å²) >= 11 is 6.04. The molecule has 0 aliphatic heterocycles. The summed E-state index contributed by atoms with van der Waals surface area (Å²) in [4.78, 5) is 11.6. The van der Waals surface area contributed by atoms with Gasteiger partial charge in [-0.05, 0) is 38.5 Å². The number of hydrogen-bond donors (Lipinski definition) is 0. The topological polar surface area (TPSA) is 35.5 Å². The average Bonchev–Trinajstić information content (AvgIpc) is 2.18. The lowest BCUT2D eigenvalue weighted by Gasteiger charge is -2.19. The molecule has 0 bridgehead atoms. The van der Waals surface area contributed by atoms with Crippen LogP contribution >= 0.6 is 11.6 Å². The van der Waals surface area contributed by atoms with Gasteiger partial charge in [0.15, 0.2) is 0 Å². The van der Waals surface area contributed by atoms with Gasteiger partial charge in [0.25, 0.3) is 0 Å². The summed E-state index contributed by atoms with van der Waals surface area (Å²) in [6.45, 7) is 5.50. The summed E-state index contributed by atoms with van der Waals surface area (Å²) in [6, 6.07) is 5.22. The molecule has 0 N–H and O–H groups in total. The Labute approximate surface area is 107 Å². The van der Waals surface area contributed by atoms with E-state index in [9.17, 15) is 4.79 Å². The van der Waals surface area contributed by atoms with Crippen LogP contribution in [0.3, 0.4) is 0 Å². The highest BCUT2D eigenvalue weighted by Crippen LogP contribution is 2.23. The summed E-state index contributed by atoms with van der Waals surface area (Å²) in [5.41, 5.74) is 0.262. The van der Waals surface area contributed by atoms with Crippen molar-refractivity contribution in [3.63, 3.8) is 0 Å². The first-order chi connectivity index (χ1) is 7.81. The smallest absolute Gasteiger partial charge is 0.310 e. The molecule has 0 saturated carbocycles. The van der Waals surface area contributed by atoms with E-state index in [4.69, 9.17) is 21.1 Å². The van der Waals surface area contributed by atoms with Crippen molar-refractivity contribution in [3.05, 3.63) is 28.8 Å². The van der Waals surface area contributed by atoms with Crippen molar-refractivity contribution in [2.24, 2.45) is 0 Å². The molecule has 4 heteroatoms. The van der Waals surface area contributed by atoms with E-state index >= 15 is 0 Å². The molecule has 1 aromatic carbocycles. The van der Waals surface area contributed by atoms with Gasteiger partial charge in [-0.1, -0.05) is 17.7 Å². The quantitative estimate of drug-likeness (QED) is 0.779. The normalized spacial score (nSPS) is 11.1. The van der Waals surface area contributed by atoms with Crippen LogP contribution in [0.2, 0.25) is 5.02 Å². The zero-order chi connectivity index (χ0) is 13.1. The molecular formula is C13H17ClO3. The van der Waals surface area contributed by atoms with E-state index in [1.807, 2.05) is 20.8 Å². The van der Waals surface area contributed by atoms with Gasteiger partial charge in [-0.15, -0.1) is 0 Å². The predicted octanol–water partition coefficient (Wildman–Crippen LogP) is 3.23. The highest BCUT2D eigenvalue weighted by molar-refractivity contribution is 6.31. The van der Waals surface area contributed by atoms with Crippen molar-refractivity contribution in [3.8, 4) is 5.75 Å². The first-order valence-corrected chi connectivity index (χ1v) is 5.74. The Morgan fingerprint density at radius 1 is 1.35 bits per heavy atom. The van der Waals surface area contributed by atoms with Crippen LogP contribution in [-0.2, 0) is 16.0 Å². The number of methoxy groups -OCH3 is 1. The fraction of sp³-hybridized carbons (Fsp3) is 0.462. The number of ether oxygens (including phenoxy) is 2. The fourth-order valence-corrected chi connectivity index (χ4v) is 1.57. The van der Waals surface area contributed by atoms with Crippen LogP contribution < -0.4 is 4.74 Å². The lowest BCUT2D eigenvalue weighted by atomic mass is 10.1. The molecule has 1 rings (SSSR count). The van der Waals surface area contributed by atoms with Crippen LogP contribution in [0.1, 0.15) is 26.3 Å². The summed E-state index contributed by atoms with van der Waals surface area (Å²) < 4.78 is 10.3. The predicted molar refractivity (Wildman–Crippen MR) is 67.6 cm³/mol. The molecule has 17 heavy (non-hydrogen) atoms. The molecule has 0 heterocycles. The standard InChI is InChI=1S/C13H17ClO3/c1-13(2,3)17-12(15)7-9-5-6-10(16-4)8-11(9)14/h5-6,8H,7H2,1-4H3. The van der Waals surface area contributed by atoms with Gasteiger partial charge in [-0.2, -0.15) is 0 Å². The highest BCUT2D eigenvalue weighted by Gasteiger charge is 2.17. The van der Waals surface area contributed by atoms with Crippen LogP contribution in [0.25, 0.3) is 0 Å². The Morgan fingerprint density at radius 3 is 2.47 bits per heavy atom. The van der Waals surface area contributed by atoms with E-state index in [1.165, 1.54) is 0 Å². The maximum atomic E-state index is 11.6. The number of hydrogen-bond acceptors (Lipinski definition) is 3. The summed E-state index contributed by atoms with van der Waals surface area (Å²) in [6.07, 6.45) is 0.167. The number of halogens is 1. The van der Waals surface area contributed by atoms with Gasteiger partial charge in [0.2, 0.25) is 0 Å². The average molecular weight is 257 g/mol. The molecule has 0 amide bonds. The molecular weight excluding hydrogens is 240 g/mol. The molecule has 0 aliphatic carbocycles. The zero-order valence-electron chi connectivity index (χ0n) is 10.5. The van der Waals surface area contributed by atoms with Crippen molar-refractivity contribution in [1.82, 2.24) is 0 Å². The fourth-order valence-electron chi connectivity index (χ4n) is 1.33. The highest BCUT2D eigenvalue weighted by atomic mass is 35.5. The van der Waals surface area contributed by atoms with E-state index in [2.05, 4.69) is 0 Å². The Bertz CT molecular complexity index is 408. The number of carbonyl (C=O) groups is 1. The third-order valence-corrected chi connectivity index (χ3v) is 2.37. The van der Waals surface area contributed by atoms with Gasteiger partial charge in [-0.3, -0.25) is 4.79 Å². The van der Waals surface area contributed by atoms with Crippen LogP contribution in [0.4, 0.5) is 0 Å². The Kier molecular flexibility index (Phi) is 4.40. The van der Waals surface area contributed by atoms with Gasteiger partial charge in [0.05, 0.1) is 13.5 Å². The van der Waals surface area contributed by atoms with Crippen LogP contribution in [0.5, 0.6) is 5.75 Å². The van der Waals surface area contributed by atoms with E-state index < -0.39 is 5.60 Å². The molecule has 94 valence electrons. The van der Waals surface area contributed by atoms with Crippen molar-refractivity contribution in [2.45, 2.75) is 32.8 Å². The molecule has 0 aromatic heterocycles. The van der Waals surface area contributed by atoms with E-state index in [0.29, 0.717) is 10.8 Å². The number of rotatable bonds is 3. The molecule has 1 aromatic rings. The molecule has 0 atom stereocenters. The zero-order valence-corrected chi connectivity index (χ0v) is 11.3. The second-order valence-corrected chi connectivity index (χ2v) is 5.13. The number of benzene rings is 1. The summed E-state index contributed by atoms with van der Waals surface area (Å²) in [5, 5.41) is 0.509. The first kappa shape index (κ1) is 13.8. The SMILES string of the molecule is COc1ccc(CC(=O)OC(C)(C)C)c(Cl)c1. The number of esters is 1. The lowest BCUT2D eigenvalue weighted by Crippen LogP contribution is -2.24. The Hall–Kier alpha value is -1.22. The van der Waals surface area contributed by atoms with Crippen LogP contribution in [0.15, 0.2) is 18.2 Å². The van der Waals surface area contributed by atoms with E-state index in [-0.39, 0.29) is 12.4 Å². The molecule has 0 unspecified atom stereocenters. The third-order valence-electron chi connectivity index (χ3n) is 2.02. The van der Waals surface area contributed by atoms with Crippen molar-refractivity contribution in [1.29, 1.82) is 0 Å². The largest absolute Gasteiger partial charge is 0.497 e. The van der Waals surface area contributed by atoms with Crippen molar-refractivity contribution in [2.75, 3.05) is 7.11 Å². The van der Waals surface area contributed by atoms with Gasteiger partial charge in [0, 0.05) is 5.02 Å². The Morgan fingerprint density at radius 2 is 2.00 bits per heavy atom. The van der Waals surface area contributed by atoms with E-state index in [1.54, 1.807) is 25.3 Å². The molecule has 3 nitrogen and oxygen atoms in total. The van der Waals surface area contributed by atoms with Gasteiger partial charge in [-0.25, -0.2) is 0 Å². The first-order valence-electron chi connectivity index (χ1n) is 5.36. The van der Waals surface area contributed by atoms with Crippen molar-refractivity contribution >= 4 is 17.6 Å². The minimum atomic E-state index is -0.476. The Balaban J connectivity index is 2.72. The maximum absolute atomic E-state index is 11.6. The van der Waals surface area contributed by atoms with Crippen LogP contribution in [0, 0.1) is 0 Å². The monoisotopic (exact) mass is 256 g/mol. The molecule has 0 fully saturated rings. The van der Waals surface area contributed by atoms with Gasteiger partial charge < -0.3 is 9.47 Å². The maximum Gasteiger partial charge on any atom is 0.310 e. The third kappa shape index (κ3) is 4.65.